The summed E-state index contributed by atoms with van der Waals surface area (Å²) in [4.78, 5) is 10.7. The molecular formula is C12H15NO5S. The first-order valence-electron chi connectivity index (χ1n) is 5.86. The zero-order valence-corrected chi connectivity index (χ0v) is 10.9. The lowest BCUT2D eigenvalue weighted by Crippen LogP contribution is -2.46. The molecule has 0 unspecified atom stereocenters. The Hall–Kier alpha value is -1.44. The largest absolute Gasteiger partial charge is 0.478 e. The second kappa shape index (κ2) is 5.28. The summed E-state index contributed by atoms with van der Waals surface area (Å²) in [5.74, 6) is -1.24. The predicted molar refractivity (Wildman–Crippen MR) is 68.2 cm³/mol. The Labute approximate surface area is 111 Å². The van der Waals surface area contributed by atoms with Crippen molar-refractivity contribution in [2.45, 2.75) is 30.7 Å². The molecule has 0 spiro atoms. The van der Waals surface area contributed by atoms with Crippen LogP contribution in [0.2, 0.25) is 0 Å². The van der Waals surface area contributed by atoms with Crippen LogP contribution in [0.5, 0.6) is 0 Å². The second-order valence-corrected chi connectivity index (χ2v) is 6.46. The molecule has 3 N–H and O–H groups in total. The van der Waals surface area contributed by atoms with Crippen molar-refractivity contribution in [2.24, 2.45) is 0 Å². The summed E-state index contributed by atoms with van der Waals surface area (Å²) in [5, 5.41) is 17.8. The van der Waals surface area contributed by atoms with E-state index in [0.29, 0.717) is 18.4 Å². The number of aliphatic hydroxyl groups is 1. The lowest BCUT2D eigenvalue weighted by Gasteiger charge is -2.31. The summed E-state index contributed by atoms with van der Waals surface area (Å²) in [7, 11) is -3.46. The molecule has 0 aromatic heterocycles. The molecule has 0 saturated heterocycles. The number of nitrogens with one attached hydrogen (secondary N) is 1. The van der Waals surface area contributed by atoms with Crippen LogP contribution in [0.1, 0.15) is 28.8 Å². The highest BCUT2D eigenvalue weighted by atomic mass is 32.2. The maximum Gasteiger partial charge on any atom is 0.335 e. The van der Waals surface area contributed by atoms with E-state index in [1.54, 1.807) is 0 Å². The maximum atomic E-state index is 11.8. The highest BCUT2D eigenvalue weighted by Gasteiger charge is 2.30. The van der Waals surface area contributed by atoms with Gasteiger partial charge in [0, 0.05) is 6.04 Å². The third-order valence-corrected chi connectivity index (χ3v) is 4.42. The molecule has 0 amide bonds. The van der Waals surface area contributed by atoms with Crippen molar-refractivity contribution in [1.82, 2.24) is 4.72 Å². The monoisotopic (exact) mass is 285 g/mol. The summed E-state index contributed by atoms with van der Waals surface area (Å²) in [6, 6.07) is 5.52. The molecule has 2 rings (SSSR count). The van der Waals surface area contributed by atoms with E-state index in [9.17, 15) is 13.2 Å². The van der Waals surface area contributed by atoms with Gasteiger partial charge in [0.05, 0.1) is 17.4 Å². The van der Waals surface area contributed by atoms with E-state index in [1.807, 2.05) is 0 Å². The van der Waals surface area contributed by atoms with E-state index in [4.69, 9.17) is 10.2 Å². The van der Waals surface area contributed by atoms with Crippen LogP contribution in [-0.4, -0.2) is 36.7 Å². The van der Waals surface area contributed by atoms with Crippen LogP contribution >= 0.6 is 0 Å². The molecule has 0 bridgehead atoms. The van der Waals surface area contributed by atoms with Gasteiger partial charge in [-0.25, -0.2) is 17.9 Å². The van der Waals surface area contributed by atoms with E-state index in [0.717, 1.165) is 0 Å². The number of aliphatic hydroxyl groups excluding tert-OH is 1. The minimum Gasteiger partial charge on any atom is -0.478 e. The summed E-state index contributed by atoms with van der Waals surface area (Å²) in [5.41, 5.74) is 0.647. The Morgan fingerprint density at radius 2 is 1.84 bits per heavy atom. The highest BCUT2D eigenvalue weighted by molar-refractivity contribution is 7.88. The molecule has 1 aliphatic rings. The quantitative estimate of drug-likeness (QED) is 0.723. The van der Waals surface area contributed by atoms with Crippen LogP contribution in [0, 0.1) is 0 Å². The molecule has 104 valence electrons. The fourth-order valence-electron chi connectivity index (χ4n) is 1.94. The van der Waals surface area contributed by atoms with E-state index in [2.05, 4.69) is 4.72 Å². The average molecular weight is 285 g/mol. The first-order chi connectivity index (χ1) is 8.85. The molecule has 0 aliphatic heterocycles. The molecule has 7 heteroatoms. The zero-order chi connectivity index (χ0) is 14.0. The fourth-order valence-corrected chi connectivity index (χ4v) is 3.36. The standard InChI is InChI=1S/C12H15NO5S/c14-11-5-10(6-11)13-19(17,18)7-8-1-3-9(4-2-8)12(15)16/h1-4,10-11,13-14H,5-7H2,(H,15,16). The third kappa shape index (κ3) is 3.76. The Kier molecular flexibility index (Phi) is 3.88. The van der Waals surface area contributed by atoms with Crippen molar-refractivity contribution < 1.29 is 23.4 Å². The highest BCUT2D eigenvalue weighted by Crippen LogP contribution is 2.20. The number of benzene rings is 1. The molecule has 1 aliphatic carbocycles. The van der Waals surface area contributed by atoms with Crippen molar-refractivity contribution in [3.8, 4) is 0 Å². The molecule has 0 heterocycles. The molecule has 1 aromatic rings. The summed E-state index contributed by atoms with van der Waals surface area (Å²) < 4.78 is 26.1. The van der Waals surface area contributed by atoms with E-state index < -0.39 is 22.1 Å². The number of aromatic carboxylic acids is 1. The van der Waals surface area contributed by atoms with Gasteiger partial charge in [-0.1, -0.05) is 12.1 Å². The topological polar surface area (TPSA) is 104 Å². The first kappa shape index (κ1) is 14.0. The Bertz CT molecular complexity index is 560. The van der Waals surface area contributed by atoms with Gasteiger partial charge in [-0.3, -0.25) is 0 Å². The van der Waals surface area contributed by atoms with Crippen LogP contribution in [0.15, 0.2) is 24.3 Å². The Morgan fingerprint density at radius 1 is 1.26 bits per heavy atom. The molecule has 1 fully saturated rings. The zero-order valence-electron chi connectivity index (χ0n) is 10.1. The molecule has 1 saturated carbocycles. The number of carboxylic acid groups (broad SMARTS) is 1. The van der Waals surface area contributed by atoms with Gasteiger partial charge in [0.15, 0.2) is 0 Å². The minimum atomic E-state index is -3.46. The average Bonchev–Trinajstić information content (AvgIpc) is 2.26. The lowest BCUT2D eigenvalue weighted by atomic mass is 9.91. The molecule has 19 heavy (non-hydrogen) atoms. The van der Waals surface area contributed by atoms with E-state index in [-0.39, 0.29) is 17.4 Å². The molecule has 0 radical (unpaired) electrons. The minimum absolute atomic E-state index is 0.122. The number of sulfonamides is 1. The number of hydrogen-bond acceptors (Lipinski definition) is 4. The van der Waals surface area contributed by atoms with Crippen LogP contribution < -0.4 is 4.72 Å². The Morgan fingerprint density at radius 3 is 2.32 bits per heavy atom. The van der Waals surface area contributed by atoms with E-state index in [1.165, 1.54) is 24.3 Å². The number of rotatable bonds is 5. The number of carbonyl (C=O) groups is 1. The van der Waals surface area contributed by atoms with Gasteiger partial charge in [-0.15, -0.1) is 0 Å². The number of carboxylic acids is 1. The van der Waals surface area contributed by atoms with Crippen LogP contribution in [0.3, 0.4) is 0 Å². The smallest absolute Gasteiger partial charge is 0.335 e. The first-order valence-corrected chi connectivity index (χ1v) is 7.51. The normalized spacial score (nSPS) is 22.8. The van der Waals surface area contributed by atoms with Gasteiger partial charge in [0.25, 0.3) is 0 Å². The van der Waals surface area contributed by atoms with Crippen molar-refractivity contribution in [2.75, 3.05) is 0 Å². The SMILES string of the molecule is O=C(O)c1ccc(CS(=O)(=O)NC2CC(O)C2)cc1. The van der Waals surface area contributed by atoms with Crippen LogP contribution in [-0.2, 0) is 15.8 Å². The number of hydrogen-bond donors (Lipinski definition) is 3. The molecule has 1 aromatic carbocycles. The summed E-state index contributed by atoms with van der Waals surface area (Å²) in [6.45, 7) is 0. The molecule has 6 nitrogen and oxygen atoms in total. The molecule has 0 atom stereocenters. The second-order valence-electron chi connectivity index (χ2n) is 4.70. The molecular weight excluding hydrogens is 270 g/mol. The lowest BCUT2D eigenvalue weighted by molar-refractivity contribution is 0.0694. The summed E-state index contributed by atoms with van der Waals surface area (Å²) in [6.07, 6.45) is 0.469. The van der Waals surface area contributed by atoms with Crippen molar-refractivity contribution in [3.63, 3.8) is 0 Å². The maximum absolute atomic E-state index is 11.8. The van der Waals surface area contributed by atoms with E-state index >= 15 is 0 Å². The van der Waals surface area contributed by atoms with Crippen LogP contribution in [0.25, 0.3) is 0 Å². The van der Waals surface area contributed by atoms with Crippen molar-refractivity contribution >= 4 is 16.0 Å². The third-order valence-electron chi connectivity index (χ3n) is 3.02. The van der Waals surface area contributed by atoms with Gasteiger partial charge in [-0.05, 0) is 30.5 Å². The van der Waals surface area contributed by atoms with Crippen molar-refractivity contribution in [1.29, 1.82) is 0 Å². The van der Waals surface area contributed by atoms with Gasteiger partial charge in [0.1, 0.15) is 0 Å². The predicted octanol–water partition coefficient (Wildman–Crippen LogP) is 0.327. The van der Waals surface area contributed by atoms with Gasteiger partial charge < -0.3 is 10.2 Å². The van der Waals surface area contributed by atoms with Crippen molar-refractivity contribution in [3.05, 3.63) is 35.4 Å². The van der Waals surface area contributed by atoms with Gasteiger partial charge in [-0.2, -0.15) is 0 Å². The summed E-state index contributed by atoms with van der Waals surface area (Å²) >= 11 is 0. The van der Waals surface area contributed by atoms with Crippen LogP contribution in [0.4, 0.5) is 0 Å². The fraction of sp³-hybridized carbons (Fsp3) is 0.417. The van der Waals surface area contributed by atoms with Gasteiger partial charge in [0.2, 0.25) is 10.0 Å². The van der Waals surface area contributed by atoms with Gasteiger partial charge >= 0.3 is 5.97 Å². The Balaban J connectivity index is 1.97.